The average Bonchev–Trinajstić information content (AvgIpc) is 2.34. The molecule has 5 nitrogen and oxygen atoms in total. The van der Waals surface area contributed by atoms with E-state index in [2.05, 4.69) is 12.2 Å². The third-order valence-electron chi connectivity index (χ3n) is 3.12. The summed E-state index contributed by atoms with van der Waals surface area (Å²) in [4.78, 5) is 21.5. The fourth-order valence-corrected chi connectivity index (χ4v) is 1.98. The van der Waals surface area contributed by atoms with Crippen LogP contribution in [-0.2, 0) is 9.59 Å². The lowest BCUT2D eigenvalue weighted by Gasteiger charge is -2.12. The van der Waals surface area contributed by atoms with Gasteiger partial charge in [0.2, 0.25) is 5.91 Å². The smallest absolute Gasteiger partial charge is 0.321 e. The third-order valence-corrected chi connectivity index (χ3v) is 3.12. The molecule has 112 valence electrons. The van der Waals surface area contributed by atoms with Gasteiger partial charge in [0, 0.05) is 0 Å². The molecule has 4 N–H and O–H groups in total. The number of nitrogens with one attached hydrogen (secondary N) is 1. The lowest BCUT2D eigenvalue weighted by Crippen LogP contribution is -2.40. The minimum Gasteiger partial charge on any atom is -0.480 e. The van der Waals surface area contributed by atoms with Gasteiger partial charge in [-0.2, -0.15) is 0 Å². The predicted molar refractivity (Wildman–Crippen MR) is 75.8 cm³/mol. The fourth-order valence-electron chi connectivity index (χ4n) is 1.98. The van der Waals surface area contributed by atoms with Gasteiger partial charge in [0.15, 0.2) is 0 Å². The molecule has 0 saturated carbocycles. The van der Waals surface area contributed by atoms with Crippen molar-refractivity contribution in [2.24, 2.45) is 5.73 Å². The molecule has 0 aliphatic rings. The molecule has 0 aromatic heterocycles. The number of aliphatic carboxylic acids is 1. The highest BCUT2D eigenvalue weighted by Gasteiger charge is 2.18. The monoisotopic (exact) mass is 272 g/mol. The highest BCUT2D eigenvalue weighted by Crippen LogP contribution is 2.08. The number of carboxylic acids is 1. The van der Waals surface area contributed by atoms with Gasteiger partial charge in [-0.05, 0) is 13.0 Å². The van der Waals surface area contributed by atoms with Gasteiger partial charge in [0.05, 0.1) is 6.42 Å². The van der Waals surface area contributed by atoms with Crippen LogP contribution >= 0.6 is 0 Å². The van der Waals surface area contributed by atoms with Gasteiger partial charge in [-0.3, -0.25) is 9.59 Å². The largest absolute Gasteiger partial charge is 0.480 e. The Kier molecular flexibility index (Phi) is 11.3. The Morgan fingerprint density at radius 1 is 1.05 bits per heavy atom. The Morgan fingerprint density at radius 3 is 2.05 bits per heavy atom. The van der Waals surface area contributed by atoms with Gasteiger partial charge in [0.25, 0.3) is 0 Å². The summed E-state index contributed by atoms with van der Waals surface area (Å²) in [6.45, 7) is 2.83. The number of hydrogen-bond acceptors (Lipinski definition) is 3. The van der Waals surface area contributed by atoms with Crippen LogP contribution in [0.3, 0.4) is 0 Å². The SMILES string of the molecule is CCCCCCCCCCNC(CC(N)=O)C(=O)O. The number of rotatable bonds is 13. The molecule has 1 unspecified atom stereocenters. The van der Waals surface area contributed by atoms with Crippen LogP contribution in [0.15, 0.2) is 0 Å². The molecule has 0 heterocycles. The van der Waals surface area contributed by atoms with E-state index >= 15 is 0 Å². The van der Waals surface area contributed by atoms with Crippen LogP contribution in [0.4, 0.5) is 0 Å². The Morgan fingerprint density at radius 2 is 1.58 bits per heavy atom. The number of nitrogens with two attached hydrogens (primary N) is 1. The first-order valence-corrected chi connectivity index (χ1v) is 7.32. The van der Waals surface area contributed by atoms with Crippen molar-refractivity contribution in [2.75, 3.05) is 6.54 Å². The Balaban J connectivity index is 3.45. The number of carboxylic acid groups (broad SMARTS) is 1. The minimum absolute atomic E-state index is 0.146. The maximum absolute atomic E-state index is 10.8. The van der Waals surface area contributed by atoms with E-state index in [1.165, 1.54) is 38.5 Å². The van der Waals surface area contributed by atoms with Crippen molar-refractivity contribution in [2.45, 2.75) is 70.8 Å². The lowest BCUT2D eigenvalue weighted by molar-refractivity contribution is -0.141. The molecule has 0 aliphatic carbocycles. The molecule has 1 amide bonds. The van der Waals surface area contributed by atoms with Crippen molar-refractivity contribution >= 4 is 11.9 Å². The molecular weight excluding hydrogens is 244 g/mol. The highest BCUT2D eigenvalue weighted by molar-refractivity contribution is 5.83. The number of primary amides is 1. The number of amides is 1. The molecule has 0 aromatic carbocycles. The summed E-state index contributed by atoms with van der Waals surface area (Å²) >= 11 is 0. The van der Waals surface area contributed by atoms with Crippen LogP contribution in [0, 0.1) is 0 Å². The molecule has 1 atom stereocenters. The second-order valence-corrected chi connectivity index (χ2v) is 4.99. The molecule has 0 aliphatic heterocycles. The molecule has 19 heavy (non-hydrogen) atoms. The quantitative estimate of drug-likeness (QED) is 0.447. The van der Waals surface area contributed by atoms with E-state index in [1.807, 2.05) is 0 Å². The molecule has 0 fully saturated rings. The van der Waals surface area contributed by atoms with Gasteiger partial charge in [0.1, 0.15) is 6.04 Å². The van der Waals surface area contributed by atoms with Crippen molar-refractivity contribution < 1.29 is 14.7 Å². The zero-order chi connectivity index (χ0) is 14.5. The van der Waals surface area contributed by atoms with Crippen molar-refractivity contribution in [1.29, 1.82) is 0 Å². The molecular formula is C14H28N2O3. The molecule has 0 rings (SSSR count). The maximum atomic E-state index is 10.8. The van der Waals surface area contributed by atoms with Gasteiger partial charge >= 0.3 is 5.97 Å². The van der Waals surface area contributed by atoms with Gasteiger partial charge in [-0.1, -0.05) is 51.9 Å². The summed E-state index contributed by atoms with van der Waals surface area (Å²) in [7, 11) is 0. The van der Waals surface area contributed by atoms with Gasteiger partial charge in [-0.25, -0.2) is 0 Å². The summed E-state index contributed by atoms with van der Waals surface area (Å²) in [5.41, 5.74) is 5.00. The molecule has 0 saturated heterocycles. The van der Waals surface area contributed by atoms with E-state index < -0.39 is 17.9 Å². The summed E-state index contributed by atoms with van der Waals surface area (Å²) in [6.07, 6.45) is 9.53. The van der Waals surface area contributed by atoms with E-state index in [0.717, 1.165) is 12.8 Å². The Hall–Kier alpha value is -1.10. The second-order valence-electron chi connectivity index (χ2n) is 4.99. The van der Waals surface area contributed by atoms with E-state index in [-0.39, 0.29) is 6.42 Å². The van der Waals surface area contributed by atoms with Crippen molar-refractivity contribution in [3.8, 4) is 0 Å². The molecule has 0 radical (unpaired) electrons. The zero-order valence-corrected chi connectivity index (χ0v) is 12.0. The van der Waals surface area contributed by atoms with Gasteiger partial charge < -0.3 is 16.2 Å². The highest BCUT2D eigenvalue weighted by atomic mass is 16.4. The minimum atomic E-state index is -1.02. The first-order valence-electron chi connectivity index (χ1n) is 7.32. The zero-order valence-electron chi connectivity index (χ0n) is 12.0. The molecule has 0 spiro atoms. The van der Waals surface area contributed by atoms with Crippen LogP contribution in [0.5, 0.6) is 0 Å². The van der Waals surface area contributed by atoms with E-state index in [4.69, 9.17) is 10.8 Å². The van der Waals surface area contributed by atoms with Crippen molar-refractivity contribution in [3.63, 3.8) is 0 Å². The van der Waals surface area contributed by atoms with E-state index in [1.54, 1.807) is 0 Å². The number of unbranched alkanes of at least 4 members (excludes halogenated alkanes) is 7. The standard InChI is InChI=1S/C14H28N2O3/c1-2-3-4-5-6-7-8-9-10-16-12(14(18)19)11-13(15)17/h12,16H,2-11H2,1H3,(H2,15,17)(H,18,19). The third kappa shape index (κ3) is 11.7. The Bertz CT molecular complexity index is 257. The van der Waals surface area contributed by atoms with Crippen LogP contribution in [0.2, 0.25) is 0 Å². The van der Waals surface area contributed by atoms with Crippen LogP contribution < -0.4 is 11.1 Å². The van der Waals surface area contributed by atoms with Crippen LogP contribution in [0.25, 0.3) is 0 Å². The van der Waals surface area contributed by atoms with Crippen LogP contribution in [-0.4, -0.2) is 29.6 Å². The summed E-state index contributed by atoms with van der Waals surface area (Å²) in [5, 5.41) is 11.7. The first kappa shape index (κ1) is 17.9. The number of carbonyl (C=O) groups is 2. The van der Waals surface area contributed by atoms with E-state index in [0.29, 0.717) is 6.54 Å². The topological polar surface area (TPSA) is 92.4 Å². The Labute approximate surface area is 115 Å². The number of hydrogen-bond donors (Lipinski definition) is 3. The van der Waals surface area contributed by atoms with Gasteiger partial charge in [-0.15, -0.1) is 0 Å². The number of carbonyl (C=O) groups excluding carboxylic acids is 1. The van der Waals surface area contributed by atoms with Crippen LogP contribution in [0.1, 0.15) is 64.7 Å². The van der Waals surface area contributed by atoms with E-state index in [9.17, 15) is 9.59 Å². The predicted octanol–water partition coefficient (Wildman–Crippen LogP) is 2.05. The molecule has 0 bridgehead atoms. The molecule has 0 aromatic rings. The summed E-state index contributed by atoms with van der Waals surface area (Å²) in [6, 6.07) is -0.845. The normalized spacial score (nSPS) is 12.3. The van der Waals surface area contributed by atoms with Crippen molar-refractivity contribution in [3.05, 3.63) is 0 Å². The van der Waals surface area contributed by atoms with Crippen molar-refractivity contribution in [1.82, 2.24) is 5.32 Å². The fraction of sp³-hybridized carbons (Fsp3) is 0.857. The average molecular weight is 272 g/mol. The summed E-state index contributed by atoms with van der Waals surface area (Å²) in [5.74, 6) is -1.60. The summed E-state index contributed by atoms with van der Waals surface area (Å²) < 4.78 is 0. The second kappa shape index (κ2) is 12.0. The molecule has 5 heteroatoms. The first-order chi connectivity index (χ1) is 9.07. The maximum Gasteiger partial charge on any atom is 0.321 e. The lowest BCUT2D eigenvalue weighted by atomic mass is 10.1.